The van der Waals surface area contributed by atoms with Crippen molar-refractivity contribution in [3.05, 3.63) is 35.1 Å². The van der Waals surface area contributed by atoms with Crippen LogP contribution >= 0.6 is 15.9 Å². The molecule has 0 N–H and O–H groups in total. The third-order valence-electron chi connectivity index (χ3n) is 4.26. The molecule has 0 aliphatic carbocycles. The average Bonchev–Trinajstić information content (AvgIpc) is 3.00. The van der Waals surface area contributed by atoms with Crippen LogP contribution in [-0.4, -0.2) is 56.5 Å². The lowest BCUT2D eigenvalue weighted by Crippen LogP contribution is -2.46. The highest BCUT2D eigenvalue weighted by atomic mass is 79.9. The van der Waals surface area contributed by atoms with E-state index in [9.17, 15) is 4.79 Å². The number of imidazole rings is 1. The Labute approximate surface area is 143 Å². The molecule has 1 fully saturated rings. The minimum Gasteiger partial charge on any atom is -0.341 e. The fourth-order valence-corrected chi connectivity index (χ4v) is 3.04. The number of rotatable bonds is 3. The number of carbonyl (C=O) groups excluding carboxylic acids is 1. The van der Waals surface area contributed by atoms with Crippen molar-refractivity contribution < 1.29 is 4.79 Å². The van der Waals surface area contributed by atoms with E-state index in [1.165, 1.54) is 0 Å². The lowest BCUT2D eigenvalue weighted by Gasteiger charge is -2.36. The summed E-state index contributed by atoms with van der Waals surface area (Å²) in [6, 6.07) is 0.226. The van der Waals surface area contributed by atoms with Crippen LogP contribution in [0.2, 0.25) is 0 Å². The molecule has 0 atom stereocenters. The van der Waals surface area contributed by atoms with Crippen LogP contribution in [0.3, 0.4) is 0 Å². The number of amides is 1. The van der Waals surface area contributed by atoms with Crippen LogP contribution in [0.4, 0.5) is 5.95 Å². The van der Waals surface area contributed by atoms with Gasteiger partial charge in [0.2, 0.25) is 5.95 Å². The summed E-state index contributed by atoms with van der Waals surface area (Å²) >= 11 is 3.34. The molecule has 3 rings (SSSR count). The minimum absolute atomic E-state index is 0.0170. The summed E-state index contributed by atoms with van der Waals surface area (Å²) in [7, 11) is 3.70. The zero-order valence-corrected chi connectivity index (χ0v) is 14.8. The Morgan fingerprint density at radius 3 is 2.48 bits per heavy atom. The predicted molar refractivity (Wildman–Crippen MR) is 90.3 cm³/mol. The van der Waals surface area contributed by atoms with Crippen LogP contribution < -0.4 is 4.90 Å². The molecule has 23 heavy (non-hydrogen) atoms. The van der Waals surface area contributed by atoms with Gasteiger partial charge in [-0.15, -0.1) is 0 Å². The van der Waals surface area contributed by atoms with E-state index in [-0.39, 0.29) is 11.9 Å². The smallest absolute Gasteiger partial charge is 0.272 e. The molecule has 0 radical (unpaired) electrons. The van der Waals surface area contributed by atoms with Crippen molar-refractivity contribution in [1.82, 2.24) is 24.4 Å². The van der Waals surface area contributed by atoms with Gasteiger partial charge in [0.1, 0.15) is 5.69 Å². The Kier molecular flexibility index (Phi) is 4.61. The highest BCUT2D eigenvalue weighted by Gasteiger charge is 2.27. The third-order valence-corrected chi connectivity index (χ3v) is 4.67. The number of carbonyl (C=O) groups is 1. The van der Waals surface area contributed by atoms with Gasteiger partial charge in [0.15, 0.2) is 0 Å². The summed E-state index contributed by atoms with van der Waals surface area (Å²) in [6.07, 6.45) is 8.58. The van der Waals surface area contributed by atoms with Gasteiger partial charge in [-0.2, -0.15) is 0 Å². The molecule has 122 valence electrons. The number of aromatic nitrogens is 4. The van der Waals surface area contributed by atoms with Crippen molar-refractivity contribution in [1.29, 1.82) is 0 Å². The third kappa shape index (κ3) is 3.36. The first-order chi connectivity index (χ1) is 11.1. The molecular weight excluding hydrogens is 360 g/mol. The Morgan fingerprint density at radius 1 is 1.26 bits per heavy atom. The lowest BCUT2D eigenvalue weighted by molar-refractivity contribution is 0.0699. The molecule has 0 spiro atoms. The molecule has 1 aliphatic heterocycles. The monoisotopic (exact) mass is 378 g/mol. The van der Waals surface area contributed by atoms with Gasteiger partial charge in [0.05, 0.1) is 17.0 Å². The van der Waals surface area contributed by atoms with Crippen molar-refractivity contribution in [2.24, 2.45) is 7.05 Å². The summed E-state index contributed by atoms with van der Waals surface area (Å²) in [4.78, 5) is 29.2. The molecule has 0 saturated carbocycles. The number of piperidine rings is 1. The average molecular weight is 379 g/mol. The normalized spacial score (nSPS) is 15.7. The van der Waals surface area contributed by atoms with Gasteiger partial charge < -0.3 is 14.4 Å². The molecule has 3 heterocycles. The molecule has 0 aromatic carbocycles. The molecule has 1 aliphatic rings. The maximum Gasteiger partial charge on any atom is 0.272 e. The maximum atomic E-state index is 12.5. The summed E-state index contributed by atoms with van der Waals surface area (Å²) in [5.41, 5.74) is 0.617. The van der Waals surface area contributed by atoms with Crippen molar-refractivity contribution >= 4 is 27.8 Å². The molecule has 0 bridgehead atoms. The van der Waals surface area contributed by atoms with Gasteiger partial charge in [0, 0.05) is 45.6 Å². The van der Waals surface area contributed by atoms with Crippen LogP contribution in [0.5, 0.6) is 0 Å². The first kappa shape index (κ1) is 15.9. The molecule has 7 nitrogen and oxygen atoms in total. The van der Waals surface area contributed by atoms with Crippen LogP contribution in [-0.2, 0) is 7.05 Å². The number of anilines is 1. The second kappa shape index (κ2) is 6.66. The number of hydrogen-bond donors (Lipinski definition) is 0. The highest BCUT2D eigenvalue weighted by molar-refractivity contribution is 9.10. The van der Waals surface area contributed by atoms with E-state index >= 15 is 0 Å². The van der Waals surface area contributed by atoms with Gasteiger partial charge in [-0.1, -0.05) is 0 Å². The zero-order valence-electron chi connectivity index (χ0n) is 13.2. The largest absolute Gasteiger partial charge is 0.341 e. The van der Waals surface area contributed by atoms with Gasteiger partial charge in [-0.3, -0.25) is 4.79 Å². The number of halogens is 1. The topological polar surface area (TPSA) is 67.2 Å². The van der Waals surface area contributed by atoms with Crippen LogP contribution in [0, 0.1) is 0 Å². The molecule has 0 unspecified atom stereocenters. The van der Waals surface area contributed by atoms with Crippen molar-refractivity contribution in [2.75, 3.05) is 25.0 Å². The highest BCUT2D eigenvalue weighted by Crippen LogP contribution is 2.21. The number of aryl methyl sites for hydroxylation is 1. The van der Waals surface area contributed by atoms with Crippen LogP contribution in [0.25, 0.3) is 0 Å². The second-order valence-electron chi connectivity index (χ2n) is 5.73. The van der Waals surface area contributed by atoms with Gasteiger partial charge >= 0.3 is 0 Å². The standard InChI is InChI=1S/C15H19BrN6O/c1-20-10-17-9-13(20)14(23)21(2)12-3-5-22(6-4-12)15-18-7-11(16)8-19-15/h7-10,12H,3-6H2,1-2H3. The molecule has 1 saturated heterocycles. The van der Waals surface area contributed by atoms with Gasteiger partial charge in [-0.25, -0.2) is 15.0 Å². The fraction of sp³-hybridized carbons (Fsp3) is 0.467. The number of nitrogens with zero attached hydrogens (tertiary/aromatic N) is 6. The first-order valence-corrected chi connectivity index (χ1v) is 8.31. The van der Waals surface area contributed by atoms with Crippen molar-refractivity contribution in [3.8, 4) is 0 Å². The van der Waals surface area contributed by atoms with E-state index in [1.807, 2.05) is 19.0 Å². The Morgan fingerprint density at radius 2 is 1.91 bits per heavy atom. The van der Waals surface area contributed by atoms with E-state index in [1.54, 1.807) is 29.5 Å². The maximum absolute atomic E-state index is 12.5. The molecule has 1 amide bonds. The van der Waals surface area contributed by atoms with Crippen molar-refractivity contribution in [3.63, 3.8) is 0 Å². The minimum atomic E-state index is 0.0170. The van der Waals surface area contributed by atoms with Gasteiger partial charge in [0.25, 0.3) is 5.91 Å². The Hall–Kier alpha value is -1.96. The van der Waals surface area contributed by atoms with Gasteiger partial charge in [-0.05, 0) is 28.8 Å². The number of hydrogen-bond acceptors (Lipinski definition) is 5. The molecule has 2 aromatic heterocycles. The summed E-state index contributed by atoms with van der Waals surface area (Å²) in [5, 5.41) is 0. The molecule has 2 aromatic rings. The summed E-state index contributed by atoms with van der Waals surface area (Å²) in [5.74, 6) is 0.760. The fourth-order valence-electron chi connectivity index (χ4n) is 2.83. The lowest BCUT2D eigenvalue weighted by atomic mass is 10.0. The van der Waals surface area contributed by atoms with Crippen molar-refractivity contribution in [2.45, 2.75) is 18.9 Å². The Balaban J connectivity index is 1.61. The van der Waals surface area contributed by atoms with E-state index in [2.05, 4.69) is 35.8 Å². The Bertz CT molecular complexity index is 678. The van der Waals surface area contributed by atoms with E-state index in [0.717, 1.165) is 36.4 Å². The second-order valence-corrected chi connectivity index (χ2v) is 6.64. The molecular formula is C15H19BrN6O. The van der Waals surface area contributed by atoms with Crippen LogP contribution in [0.15, 0.2) is 29.4 Å². The summed E-state index contributed by atoms with van der Waals surface area (Å²) < 4.78 is 2.63. The van der Waals surface area contributed by atoms with Crippen LogP contribution in [0.1, 0.15) is 23.3 Å². The SMILES string of the molecule is CN(C(=O)c1cncn1C)C1CCN(c2ncc(Br)cn2)CC1. The quantitative estimate of drug-likeness (QED) is 0.813. The van der Waals surface area contributed by atoms with E-state index in [4.69, 9.17) is 0 Å². The summed E-state index contributed by atoms with van der Waals surface area (Å²) in [6.45, 7) is 1.69. The first-order valence-electron chi connectivity index (χ1n) is 7.52. The zero-order chi connectivity index (χ0) is 16.4. The van der Waals surface area contributed by atoms with E-state index in [0.29, 0.717) is 5.69 Å². The van der Waals surface area contributed by atoms with E-state index < -0.39 is 0 Å². The predicted octanol–water partition coefficient (Wildman–Crippen LogP) is 1.71. The molecule has 8 heteroatoms.